The maximum Gasteiger partial charge on any atom is 0.0885 e. The zero-order chi connectivity index (χ0) is 12.3. The third kappa shape index (κ3) is 5.52. The summed E-state index contributed by atoms with van der Waals surface area (Å²) in [6, 6.07) is 8.32. The van der Waals surface area contributed by atoms with Gasteiger partial charge in [0.15, 0.2) is 0 Å². The summed E-state index contributed by atoms with van der Waals surface area (Å²) in [4.78, 5) is 0. The molecule has 0 atom stereocenters. The molecule has 0 aliphatic carbocycles. The van der Waals surface area contributed by atoms with Crippen LogP contribution in [0, 0.1) is 0 Å². The fraction of sp³-hybridized carbons (Fsp3) is 0.429. The van der Waals surface area contributed by atoms with E-state index in [0.29, 0.717) is 6.61 Å². The Bertz CT molecular complexity index is 326. The molecule has 0 bridgehead atoms. The SMILES string of the molecule is C=COCCCNCc1ccccc1COC. The van der Waals surface area contributed by atoms with Crippen LogP contribution in [0.5, 0.6) is 0 Å². The number of benzene rings is 1. The quantitative estimate of drug-likeness (QED) is 0.527. The molecule has 0 amide bonds. The van der Waals surface area contributed by atoms with Crippen molar-refractivity contribution in [2.24, 2.45) is 0 Å². The first-order chi connectivity index (χ1) is 8.38. The van der Waals surface area contributed by atoms with Crippen molar-refractivity contribution in [1.29, 1.82) is 0 Å². The summed E-state index contributed by atoms with van der Waals surface area (Å²) in [5.74, 6) is 0. The van der Waals surface area contributed by atoms with E-state index in [0.717, 1.165) is 26.1 Å². The van der Waals surface area contributed by atoms with Crippen molar-refractivity contribution in [3.05, 3.63) is 48.2 Å². The Labute approximate surface area is 103 Å². The molecule has 94 valence electrons. The van der Waals surface area contributed by atoms with E-state index in [-0.39, 0.29) is 0 Å². The molecular weight excluding hydrogens is 214 g/mol. The highest BCUT2D eigenvalue weighted by atomic mass is 16.5. The van der Waals surface area contributed by atoms with Crippen molar-refractivity contribution in [2.75, 3.05) is 20.3 Å². The van der Waals surface area contributed by atoms with E-state index in [1.807, 2.05) is 6.07 Å². The first-order valence-corrected chi connectivity index (χ1v) is 5.87. The van der Waals surface area contributed by atoms with Gasteiger partial charge in [-0.3, -0.25) is 0 Å². The van der Waals surface area contributed by atoms with Gasteiger partial charge in [-0.1, -0.05) is 30.8 Å². The number of hydrogen-bond acceptors (Lipinski definition) is 3. The van der Waals surface area contributed by atoms with Gasteiger partial charge in [0.1, 0.15) is 0 Å². The van der Waals surface area contributed by atoms with Crippen LogP contribution in [0.25, 0.3) is 0 Å². The average Bonchev–Trinajstić information content (AvgIpc) is 2.36. The van der Waals surface area contributed by atoms with E-state index >= 15 is 0 Å². The van der Waals surface area contributed by atoms with Crippen LogP contribution in [0.4, 0.5) is 0 Å². The molecule has 3 nitrogen and oxygen atoms in total. The zero-order valence-corrected chi connectivity index (χ0v) is 10.4. The Morgan fingerprint density at radius 2 is 2.06 bits per heavy atom. The highest BCUT2D eigenvalue weighted by Crippen LogP contribution is 2.09. The van der Waals surface area contributed by atoms with Gasteiger partial charge in [0, 0.05) is 13.7 Å². The largest absolute Gasteiger partial charge is 0.502 e. The maximum absolute atomic E-state index is 5.17. The lowest BCUT2D eigenvalue weighted by Crippen LogP contribution is -2.17. The highest BCUT2D eigenvalue weighted by Gasteiger charge is 2.00. The third-order valence-electron chi connectivity index (χ3n) is 2.47. The van der Waals surface area contributed by atoms with Gasteiger partial charge >= 0.3 is 0 Å². The van der Waals surface area contributed by atoms with Gasteiger partial charge < -0.3 is 14.8 Å². The summed E-state index contributed by atoms with van der Waals surface area (Å²) in [5, 5.41) is 3.39. The topological polar surface area (TPSA) is 30.5 Å². The van der Waals surface area contributed by atoms with Crippen LogP contribution < -0.4 is 5.32 Å². The van der Waals surface area contributed by atoms with E-state index in [4.69, 9.17) is 9.47 Å². The van der Waals surface area contributed by atoms with E-state index in [2.05, 4.69) is 30.1 Å². The van der Waals surface area contributed by atoms with Crippen LogP contribution in [0.2, 0.25) is 0 Å². The molecule has 0 saturated carbocycles. The van der Waals surface area contributed by atoms with Gasteiger partial charge in [-0.2, -0.15) is 0 Å². The summed E-state index contributed by atoms with van der Waals surface area (Å²) in [5.41, 5.74) is 2.53. The molecule has 3 heteroatoms. The second-order valence-corrected chi connectivity index (χ2v) is 3.77. The summed E-state index contributed by atoms with van der Waals surface area (Å²) in [6.07, 6.45) is 2.46. The predicted molar refractivity (Wildman–Crippen MR) is 69.6 cm³/mol. The molecule has 0 aliphatic rings. The number of rotatable bonds is 9. The Morgan fingerprint density at radius 3 is 2.76 bits per heavy atom. The number of ether oxygens (including phenoxy) is 2. The van der Waals surface area contributed by atoms with Crippen molar-refractivity contribution >= 4 is 0 Å². The van der Waals surface area contributed by atoms with Crippen LogP contribution >= 0.6 is 0 Å². The molecular formula is C14H21NO2. The molecule has 1 aromatic rings. The van der Waals surface area contributed by atoms with E-state index < -0.39 is 0 Å². The van der Waals surface area contributed by atoms with Gasteiger partial charge in [0.2, 0.25) is 0 Å². The Kier molecular flexibility index (Phi) is 7.11. The Balaban J connectivity index is 2.28. The maximum atomic E-state index is 5.17. The first-order valence-electron chi connectivity index (χ1n) is 5.87. The third-order valence-corrected chi connectivity index (χ3v) is 2.47. The molecule has 0 spiro atoms. The fourth-order valence-corrected chi connectivity index (χ4v) is 1.61. The van der Waals surface area contributed by atoms with Crippen molar-refractivity contribution in [1.82, 2.24) is 5.32 Å². The molecule has 17 heavy (non-hydrogen) atoms. The average molecular weight is 235 g/mol. The molecule has 0 aliphatic heterocycles. The van der Waals surface area contributed by atoms with Gasteiger partial charge in [-0.25, -0.2) is 0 Å². The molecule has 0 unspecified atom stereocenters. The molecule has 0 fully saturated rings. The van der Waals surface area contributed by atoms with Crippen molar-refractivity contribution in [3.63, 3.8) is 0 Å². The molecule has 1 rings (SSSR count). The number of nitrogens with one attached hydrogen (secondary N) is 1. The minimum atomic E-state index is 0.664. The van der Waals surface area contributed by atoms with Crippen LogP contribution in [-0.2, 0) is 22.6 Å². The number of hydrogen-bond donors (Lipinski definition) is 1. The zero-order valence-electron chi connectivity index (χ0n) is 10.4. The number of methoxy groups -OCH3 is 1. The van der Waals surface area contributed by atoms with Crippen molar-refractivity contribution in [2.45, 2.75) is 19.6 Å². The van der Waals surface area contributed by atoms with Crippen LogP contribution in [0.15, 0.2) is 37.1 Å². The van der Waals surface area contributed by atoms with Gasteiger partial charge in [0.05, 0.1) is 19.5 Å². The minimum absolute atomic E-state index is 0.664. The summed E-state index contributed by atoms with van der Waals surface area (Å²) in [6.45, 7) is 6.69. The smallest absolute Gasteiger partial charge is 0.0885 e. The molecule has 0 radical (unpaired) electrons. The Morgan fingerprint density at radius 1 is 1.29 bits per heavy atom. The minimum Gasteiger partial charge on any atom is -0.502 e. The lowest BCUT2D eigenvalue weighted by molar-refractivity contribution is 0.184. The summed E-state index contributed by atoms with van der Waals surface area (Å²) in [7, 11) is 1.72. The fourth-order valence-electron chi connectivity index (χ4n) is 1.61. The van der Waals surface area contributed by atoms with E-state index in [1.54, 1.807) is 7.11 Å². The predicted octanol–water partition coefficient (Wildman–Crippen LogP) is 2.47. The molecule has 1 aromatic carbocycles. The normalized spacial score (nSPS) is 10.2. The molecule has 0 aromatic heterocycles. The van der Waals surface area contributed by atoms with Gasteiger partial charge in [-0.05, 0) is 24.1 Å². The van der Waals surface area contributed by atoms with Crippen LogP contribution in [0.1, 0.15) is 17.5 Å². The van der Waals surface area contributed by atoms with E-state index in [9.17, 15) is 0 Å². The lowest BCUT2D eigenvalue weighted by Gasteiger charge is -2.09. The summed E-state index contributed by atoms with van der Waals surface area (Å²) >= 11 is 0. The van der Waals surface area contributed by atoms with Crippen molar-refractivity contribution in [3.8, 4) is 0 Å². The van der Waals surface area contributed by atoms with E-state index in [1.165, 1.54) is 17.4 Å². The van der Waals surface area contributed by atoms with Crippen LogP contribution in [-0.4, -0.2) is 20.3 Å². The lowest BCUT2D eigenvalue weighted by atomic mass is 10.1. The first kappa shape index (κ1) is 13.7. The highest BCUT2D eigenvalue weighted by molar-refractivity contribution is 5.26. The Hall–Kier alpha value is -1.32. The van der Waals surface area contributed by atoms with Gasteiger partial charge in [0.25, 0.3) is 0 Å². The molecule has 1 N–H and O–H groups in total. The second kappa shape index (κ2) is 8.79. The molecule has 0 heterocycles. The molecule has 0 saturated heterocycles. The van der Waals surface area contributed by atoms with Crippen molar-refractivity contribution < 1.29 is 9.47 Å². The summed E-state index contributed by atoms with van der Waals surface area (Å²) < 4.78 is 10.2. The van der Waals surface area contributed by atoms with Gasteiger partial charge in [-0.15, -0.1) is 0 Å². The monoisotopic (exact) mass is 235 g/mol. The second-order valence-electron chi connectivity index (χ2n) is 3.77. The van der Waals surface area contributed by atoms with Crippen LogP contribution in [0.3, 0.4) is 0 Å². The standard InChI is InChI=1S/C14H21NO2/c1-3-17-10-6-9-15-11-13-7-4-5-8-14(13)12-16-2/h3-5,7-8,15H,1,6,9-12H2,2H3.